The number of pyridine rings is 1. The molecule has 0 atom stereocenters. The molecule has 2 N–H and O–H groups in total. The van der Waals surface area contributed by atoms with E-state index in [9.17, 15) is 0 Å². The van der Waals surface area contributed by atoms with Crippen LogP contribution in [0.1, 0.15) is 25.8 Å². The molecule has 104 valence electrons. The van der Waals surface area contributed by atoms with Crippen LogP contribution < -0.4 is 5.32 Å². The molecule has 4 heteroatoms. The molecule has 0 spiro atoms. The second-order valence-corrected chi connectivity index (χ2v) is 4.77. The molecule has 2 rings (SSSR count). The second-order valence-electron chi connectivity index (χ2n) is 4.77. The van der Waals surface area contributed by atoms with Crippen LogP contribution in [-0.2, 0) is 6.54 Å². The van der Waals surface area contributed by atoms with E-state index in [1.165, 1.54) is 23.9 Å². The highest BCUT2D eigenvalue weighted by Gasteiger charge is 2.03. The number of aromatic nitrogens is 2. The molecule has 0 aliphatic carbocycles. The van der Waals surface area contributed by atoms with E-state index in [0.717, 1.165) is 31.8 Å². The smallest absolute Gasteiger partial charge is 0.137 e. The molecule has 0 saturated heterocycles. The molecule has 19 heavy (non-hydrogen) atoms. The zero-order valence-electron chi connectivity index (χ0n) is 11.9. The molecule has 0 aromatic carbocycles. The quantitative estimate of drug-likeness (QED) is 0.716. The summed E-state index contributed by atoms with van der Waals surface area (Å²) in [6.07, 6.45) is 5.07. The average molecular weight is 260 g/mol. The van der Waals surface area contributed by atoms with E-state index in [1.54, 1.807) is 0 Å². The first-order chi connectivity index (χ1) is 9.35. The lowest BCUT2D eigenvalue weighted by atomic mass is 10.2. The van der Waals surface area contributed by atoms with Gasteiger partial charge in [-0.25, -0.2) is 4.98 Å². The summed E-state index contributed by atoms with van der Waals surface area (Å²) < 4.78 is 0. The summed E-state index contributed by atoms with van der Waals surface area (Å²) in [5.41, 5.74) is 2.27. The third-order valence-corrected chi connectivity index (χ3v) is 3.57. The van der Waals surface area contributed by atoms with Gasteiger partial charge in [0.05, 0.1) is 0 Å². The maximum absolute atomic E-state index is 4.30. The monoisotopic (exact) mass is 260 g/mol. The van der Waals surface area contributed by atoms with Crippen LogP contribution in [0.15, 0.2) is 24.5 Å². The highest BCUT2D eigenvalue weighted by Crippen LogP contribution is 2.14. The third-order valence-electron chi connectivity index (χ3n) is 3.57. The Morgan fingerprint density at radius 2 is 2.16 bits per heavy atom. The van der Waals surface area contributed by atoms with Crippen molar-refractivity contribution < 1.29 is 0 Å². The molecule has 0 amide bonds. The summed E-state index contributed by atoms with van der Waals surface area (Å²) in [6, 6.07) is 4.10. The molecule has 0 aliphatic heterocycles. The van der Waals surface area contributed by atoms with Crippen molar-refractivity contribution in [2.75, 3.05) is 26.2 Å². The lowest BCUT2D eigenvalue weighted by Crippen LogP contribution is -2.27. The van der Waals surface area contributed by atoms with E-state index in [0.29, 0.717) is 0 Å². The van der Waals surface area contributed by atoms with E-state index in [2.05, 4.69) is 46.3 Å². The number of fused-ring (bicyclic) bond motifs is 1. The van der Waals surface area contributed by atoms with Gasteiger partial charge in [0.15, 0.2) is 0 Å². The Kier molecular flexibility index (Phi) is 5.36. The van der Waals surface area contributed by atoms with Crippen molar-refractivity contribution in [3.63, 3.8) is 0 Å². The topological polar surface area (TPSA) is 44.0 Å². The molecule has 0 bridgehead atoms. The molecule has 2 aromatic rings. The minimum atomic E-state index is 0.907. The van der Waals surface area contributed by atoms with Gasteiger partial charge in [-0.3, -0.25) is 0 Å². The molecular formula is C15H24N4. The number of nitrogens with zero attached hydrogens (tertiary/aromatic N) is 2. The molecule has 0 radical (unpaired) electrons. The minimum absolute atomic E-state index is 0.907. The van der Waals surface area contributed by atoms with Crippen molar-refractivity contribution in [2.45, 2.75) is 26.8 Å². The maximum atomic E-state index is 4.30. The molecular weight excluding hydrogens is 236 g/mol. The zero-order valence-corrected chi connectivity index (χ0v) is 11.9. The van der Waals surface area contributed by atoms with Gasteiger partial charge in [-0.15, -0.1) is 0 Å². The van der Waals surface area contributed by atoms with Crippen LogP contribution in [0.4, 0.5) is 0 Å². The third kappa shape index (κ3) is 3.78. The average Bonchev–Trinajstić information content (AvgIpc) is 2.86. The molecule has 0 fully saturated rings. The van der Waals surface area contributed by atoms with Crippen molar-refractivity contribution in [2.24, 2.45) is 0 Å². The fraction of sp³-hybridized carbons (Fsp3) is 0.533. The Morgan fingerprint density at radius 3 is 2.95 bits per heavy atom. The predicted molar refractivity (Wildman–Crippen MR) is 80.2 cm³/mol. The largest absolute Gasteiger partial charge is 0.346 e. The normalized spacial score (nSPS) is 11.5. The molecule has 2 aromatic heterocycles. The highest BCUT2D eigenvalue weighted by molar-refractivity contribution is 5.79. The summed E-state index contributed by atoms with van der Waals surface area (Å²) in [7, 11) is 0. The van der Waals surface area contributed by atoms with Crippen LogP contribution in [0.2, 0.25) is 0 Å². The Morgan fingerprint density at radius 1 is 1.32 bits per heavy atom. The van der Waals surface area contributed by atoms with Crippen molar-refractivity contribution in [3.05, 3.63) is 30.1 Å². The molecule has 0 aliphatic rings. The van der Waals surface area contributed by atoms with Gasteiger partial charge in [-0.1, -0.05) is 13.8 Å². The number of nitrogens with one attached hydrogen (secondary N) is 2. The van der Waals surface area contributed by atoms with Gasteiger partial charge in [-0.05, 0) is 50.3 Å². The van der Waals surface area contributed by atoms with Crippen LogP contribution in [0, 0.1) is 0 Å². The molecule has 0 unspecified atom stereocenters. The van der Waals surface area contributed by atoms with Crippen LogP contribution in [-0.4, -0.2) is 41.0 Å². The van der Waals surface area contributed by atoms with E-state index in [1.807, 2.05) is 12.3 Å². The number of rotatable bonds is 8. The Balaban J connectivity index is 1.74. The van der Waals surface area contributed by atoms with Crippen LogP contribution >= 0.6 is 0 Å². The summed E-state index contributed by atoms with van der Waals surface area (Å²) in [4.78, 5) is 9.96. The molecule has 2 heterocycles. The van der Waals surface area contributed by atoms with Gasteiger partial charge in [0.1, 0.15) is 5.65 Å². The summed E-state index contributed by atoms with van der Waals surface area (Å²) in [5, 5.41) is 4.73. The first-order valence-electron chi connectivity index (χ1n) is 7.19. The van der Waals surface area contributed by atoms with E-state index >= 15 is 0 Å². The Labute approximate surface area is 115 Å². The number of aromatic amines is 1. The van der Waals surface area contributed by atoms with Gasteiger partial charge in [0.2, 0.25) is 0 Å². The standard InChI is InChI=1S/C15H24N4/c1-3-19(4-2)10-6-8-16-11-13-12-18-15-14(13)7-5-9-17-15/h5,7,9,12,16H,3-4,6,8,10-11H2,1-2H3,(H,17,18). The molecule has 0 saturated carbocycles. The fourth-order valence-electron chi connectivity index (χ4n) is 2.35. The SMILES string of the molecule is CCN(CC)CCCNCc1c[nH]c2ncccc12. The summed E-state index contributed by atoms with van der Waals surface area (Å²) in [6.45, 7) is 9.86. The van der Waals surface area contributed by atoms with Crippen molar-refractivity contribution in [3.8, 4) is 0 Å². The minimum Gasteiger partial charge on any atom is -0.346 e. The van der Waals surface area contributed by atoms with Gasteiger partial charge in [0.25, 0.3) is 0 Å². The van der Waals surface area contributed by atoms with Crippen molar-refractivity contribution >= 4 is 11.0 Å². The van der Waals surface area contributed by atoms with Gasteiger partial charge >= 0.3 is 0 Å². The summed E-state index contributed by atoms with van der Waals surface area (Å²) in [5.74, 6) is 0. The predicted octanol–water partition coefficient (Wildman–Crippen LogP) is 2.38. The fourth-order valence-corrected chi connectivity index (χ4v) is 2.35. The lowest BCUT2D eigenvalue weighted by molar-refractivity contribution is 0.298. The van der Waals surface area contributed by atoms with E-state index in [-0.39, 0.29) is 0 Å². The number of hydrogen-bond donors (Lipinski definition) is 2. The van der Waals surface area contributed by atoms with Crippen LogP contribution in [0.25, 0.3) is 11.0 Å². The van der Waals surface area contributed by atoms with E-state index < -0.39 is 0 Å². The summed E-state index contributed by atoms with van der Waals surface area (Å²) >= 11 is 0. The first kappa shape index (κ1) is 14.0. The molecule has 4 nitrogen and oxygen atoms in total. The Bertz CT molecular complexity index is 488. The van der Waals surface area contributed by atoms with E-state index in [4.69, 9.17) is 0 Å². The Hall–Kier alpha value is -1.39. The van der Waals surface area contributed by atoms with Crippen LogP contribution in [0.3, 0.4) is 0 Å². The van der Waals surface area contributed by atoms with Crippen molar-refractivity contribution in [1.29, 1.82) is 0 Å². The zero-order chi connectivity index (χ0) is 13.5. The highest BCUT2D eigenvalue weighted by atomic mass is 15.1. The van der Waals surface area contributed by atoms with Gasteiger partial charge in [-0.2, -0.15) is 0 Å². The van der Waals surface area contributed by atoms with Gasteiger partial charge < -0.3 is 15.2 Å². The second kappa shape index (κ2) is 7.26. The number of H-pyrrole nitrogens is 1. The maximum Gasteiger partial charge on any atom is 0.137 e. The van der Waals surface area contributed by atoms with Crippen molar-refractivity contribution in [1.82, 2.24) is 20.2 Å². The van der Waals surface area contributed by atoms with Crippen LogP contribution in [0.5, 0.6) is 0 Å². The lowest BCUT2D eigenvalue weighted by Gasteiger charge is -2.17. The van der Waals surface area contributed by atoms with Gasteiger partial charge in [0, 0.05) is 24.3 Å². The first-order valence-corrected chi connectivity index (χ1v) is 7.19. The number of hydrogen-bond acceptors (Lipinski definition) is 3.